The van der Waals surface area contributed by atoms with Crippen molar-refractivity contribution in [3.8, 4) is 11.3 Å². The Morgan fingerprint density at radius 2 is 2.13 bits per heavy atom. The van der Waals surface area contributed by atoms with Crippen molar-refractivity contribution in [3.63, 3.8) is 0 Å². The number of furan rings is 1. The maximum atomic E-state index is 12.8. The van der Waals surface area contributed by atoms with Gasteiger partial charge in [0.2, 0.25) is 0 Å². The molecule has 0 atom stereocenters. The lowest BCUT2D eigenvalue weighted by Gasteiger charge is -2.21. The van der Waals surface area contributed by atoms with Crippen LogP contribution in [0.5, 0.6) is 0 Å². The number of nitrogens with zero attached hydrogens (tertiary/aromatic N) is 3. The van der Waals surface area contributed by atoms with E-state index in [0.717, 1.165) is 67.2 Å². The van der Waals surface area contributed by atoms with Crippen LogP contribution in [0.2, 0.25) is 0 Å². The Kier molecular flexibility index (Phi) is 5.12. The van der Waals surface area contributed by atoms with Crippen molar-refractivity contribution in [2.45, 2.75) is 39.2 Å². The fourth-order valence-corrected chi connectivity index (χ4v) is 4.39. The van der Waals surface area contributed by atoms with Crippen LogP contribution in [0.1, 0.15) is 46.0 Å². The molecule has 4 heterocycles. The van der Waals surface area contributed by atoms with Gasteiger partial charge in [0.05, 0.1) is 17.9 Å². The monoisotopic (exact) mass is 406 g/mol. The lowest BCUT2D eigenvalue weighted by atomic mass is 9.93. The summed E-state index contributed by atoms with van der Waals surface area (Å²) in [7, 11) is 0. The largest absolute Gasteiger partial charge is 0.455 e. The summed E-state index contributed by atoms with van der Waals surface area (Å²) in [5.74, 6) is 1.61. The molecule has 0 unspecified atom stereocenters. The molecule has 3 aromatic heterocycles. The van der Waals surface area contributed by atoms with Gasteiger partial charge in [0, 0.05) is 49.7 Å². The average molecular weight is 406 g/mol. The number of aryl methyl sites for hydroxylation is 2. The molecule has 1 saturated heterocycles. The smallest absolute Gasteiger partial charge is 0.287 e. The minimum Gasteiger partial charge on any atom is -0.455 e. The molecular formula is C23H26N4O3. The van der Waals surface area contributed by atoms with Crippen LogP contribution in [0, 0.1) is 12.8 Å². The first-order valence-corrected chi connectivity index (χ1v) is 10.6. The molecule has 0 radical (unpaired) electrons. The SMILES string of the molecule is Cc1c(C(=O)NCC2CCOCC2)oc2c1-c1nn(Cc3ccccn3)cc1CC2. The number of hydrogen-bond acceptors (Lipinski definition) is 5. The van der Waals surface area contributed by atoms with E-state index in [4.69, 9.17) is 14.3 Å². The molecule has 3 aromatic rings. The van der Waals surface area contributed by atoms with Crippen molar-refractivity contribution in [2.75, 3.05) is 19.8 Å². The van der Waals surface area contributed by atoms with Crippen molar-refractivity contribution in [3.05, 3.63) is 58.9 Å². The van der Waals surface area contributed by atoms with Gasteiger partial charge in [-0.2, -0.15) is 5.10 Å². The van der Waals surface area contributed by atoms with Crippen LogP contribution < -0.4 is 5.32 Å². The van der Waals surface area contributed by atoms with Crippen LogP contribution in [-0.4, -0.2) is 40.4 Å². The molecule has 7 heteroatoms. The van der Waals surface area contributed by atoms with Crippen molar-refractivity contribution >= 4 is 5.91 Å². The molecule has 1 N–H and O–H groups in total. The van der Waals surface area contributed by atoms with Crippen LogP contribution in [0.4, 0.5) is 0 Å². The van der Waals surface area contributed by atoms with Gasteiger partial charge < -0.3 is 14.5 Å². The van der Waals surface area contributed by atoms with E-state index in [-0.39, 0.29) is 5.91 Å². The van der Waals surface area contributed by atoms with Gasteiger partial charge in [0.1, 0.15) is 5.76 Å². The highest BCUT2D eigenvalue weighted by Gasteiger charge is 2.30. The number of amides is 1. The van der Waals surface area contributed by atoms with Crippen LogP contribution in [-0.2, 0) is 24.1 Å². The third-order valence-electron chi connectivity index (χ3n) is 6.06. The fraction of sp³-hybridized carbons (Fsp3) is 0.435. The summed E-state index contributed by atoms with van der Waals surface area (Å²) in [6.07, 6.45) is 7.51. The summed E-state index contributed by atoms with van der Waals surface area (Å²) in [4.78, 5) is 17.2. The Morgan fingerprint density at radius 3 is 2.93 bits per heavy atom. The first kappa shape index (κ1) is 19.1. The summed E-state index contributed by atoms with van der Waals surface area (Å²) in [6.45, 7) is 4.80. The summed E-state index contributed by atoms with van der Waals surface area (Å²) >= 11 is 0. The van der Waals surface area contributed by atoms with Gasteiger partial charge in [-0.05, 0) is 49.8 Å². The molecule has 7 nitrogen and oxygen atoms in total. The zero-order valence-electron chi connectivity index (χ0n) is 17.2. The highest BCUT2D eigenvalue weighted by Crippen LogP contribution is 2.38. The van der Waals surface area contributed by atoms with Gasteiger partial charge in [0.25, 0.3) is 5.91 Å². The van der Waals surface area contributed by atoms with E-state index in [2.05, 4.69) is 16.5 Å². The summed E-state index contributed by atoms with van der Waals surface area (Å²) in [5.41, 5.74) is 4.94. The second-order valence-electron chi connectivity index (χ2n) is 8.14. The second kappa shape index (κ2) is 8.07. The Labute approximate surface area is 175 Å². The first-order chi connectivity index (χ1) is 14.7. The molecule has 5 rings (SSSR count). The molecule has 2 aliphatic rings. The Morgan fingerprint density at radius 1 is 1.27 bits per heavy atom. The first-order valence-electron chi connectivity index (χ1n) is 10.6. The van der Waals surface area contributed by atoms with E-state index < -0.39 is 0 Å². The molecule has 0 bridgehead atoms. The Bertz CT molecular complexity index is 1050. The molecule has 1 aliphatic carbocycles. The number of carbonyl (C=O) groups excluding carboxylic acids is 1. The van der Waals surface area contributed by atoms with Crippen molar-refractivity contribution in [1.29, 1.82) is 0 Å². The number of fused-ring (bicyclic) bond motifs is 3. The van der Waals surface area contributed by atoms with Crippen molar-refractivity contribution in [1.82, 2.24) is 20.1 Å². The van der Waals surface area contributed by atoms with Gasteiger partial charge in [-0.1, -0.05) is 6.07 Å². The molecule has 156 valence electrons. The third-order valence-corrected chi connectivity index (χ3v) is 6.06. The van der Waals surface area contributed by atoms with E-state index in [0.29, 0.717) is 24.8 Å². The van der Waals surface area contributed by atoms with E-state index in [9.17, 15) is 4.79 Å². The van der Waals surface area contributed by atoms with Gasteiger partial charge in [0.15, 0.2) is 5.76 Å². The normalized spacial score (nSPS) is 16.2. The second-order valence-corrected chi connectivity index (χ2v) is 8.14. The van der Waals surface area contributed by atoms with Gasteiger partial charge in [-0.15, -0.1) is 0 Å². The molecular weight excluding hydrogens is 380 g/mol. The average Bonchev–Trinajstić information content (AvgIpc) is 3.33. The Balaban J connectivity index is 1.36. The highest BCUT2D eigenvalue weighted by molar-refractivity contribution is 5.95. The fourth-order valence-electron chi connectivity index (χ4n) is 4.39. The number of pyridine rings is 1. The predicted molar refractivity (Wildman–Crippen MR) is 111 cm³/mol. The predicted octanol–water partition coefficient (Wildman–Crippen LogP) is 3.15. The minimum absolute atomic E-state index is 0.136. The zero-order chi connectivity index (χ0) is 20.5. The minimum atomic E-state index is -0.136. The van der Waals surface area contributed by atoms with E-state index in [1.807, 2.05) is 29.8 Å². The number of hydrogen-bond donors (Lipinski definition) is 1. The Hall–Kier alpha value is -2.93. The van der Waals surface area contributed by atoms with Gasteiger partial charge >= 0.3 is 0 Å². The molecule has 0 saturated carbocycles. The number of nitrogens with one attached hydrogen (secondary N) is 1. The molecule has 1 aliphatic heterocycles. The van der Waals surface area contributed by atoms with Crippen LogP contribution in [0.25, 0.3) is 11.3 Å². The third kappa shape index (κ3) is 3.65. The molecule has 1 amide bonds. The molecule has 30 heavy (non-hydrogen) atoms. The summed E-state index contributed by atoms with van der Waals surface area (Å²) < 4.78 is 13.3. The quantitative estimate of drug-likeness (QED) is 0.704. The zero-order valence-corrected chi connectivity index (χ0v) is 17.2. The maximum Gasteiger partial charge on any atom is 0.287 e. The molecule has 0 spiro atoms. The van der Waals surface area contributed by atoms with Gasteiger partial charge in [-0.3, -0.25) is 14.5 Å². The van der Waals surface area contributed by atoms with Crippen LogP contribution >= 0.6 is 0 Å². The topological polar surface area (TPSA) is 82.2 Å². The van der Waals surface area contributed by atoms with Crippen LogP contribution in [0.15, 0.2) is 35.0 Å². The lowest BCUT2D eigenvalue weighted by molar-refractivity contribution is 0.0638. The van der Waals surface area contributed by atoms with Crippen LogP contribution in [0.3, 0.4) is 0 Å². The molecule has 0 aromatic carbocycles. The van der Waals surface area contributed by atoms with E-state index in [1.54, 1.807) is 6.20 Å². The molecule has 1 fully saturated rings. The summed E-state index contributed by atoms with van der Waals surface area (Å²) in [5, 5.41) is 7.87. The maximum absolute atomic E-state index is 12.8. The lowest BCUT2D eigenvalue weighted by Crippen LogP contribution is -2.32. The van der Waals surface area contributed by atoms with Gasteiger partial charge in [-0.25, -0.2) is 0 Å². The van der Waals surface area contributed by atoms with E-state index >= 15 is 0 Å². The highest BCUT2D eigenvalue weighted by atomic mass is 16.5. The van der Waals surface area contributed by atoms with Crippen molar-refractivity contribution < 1.29 is 13.9 Å². The number of ether oxygens (including phenoxy) is 1. The standard InChI is InChI=1S/C23H26N4O3/c1-15-20-19(30-22(15)23(28)25-12-16-7-10-29-11-8-16)6-5-17-13-27(26-21(17)20)14-18-4-2-3-9-24-18/h2-4,9,13,16H,5-8,10-12,14H2,1H3,(H,25,28). The van der Waals surface area contributed by atoms with E-state index in [1.165, 1.54) is 5.56 Å². The number of rotatable bonds is 5. The summed E-state index contributed by atoms with van der Waals surface area (Å²) in [6, 6.07) is 5.89. The number of aromatic nitrogens is 3. The number of carbonyl (C=O) groups is 1. The van der Waals surface area contributed by atoms with Crippen molar-refractivity contribution in [2.24, 2.45) is 5.92 Å².